The summed E-state index contributed by atoms with van der Waals surface area (Å²) in [5, 5.41) is 2.98. The van der Waals surface area contributed by atoms with Crippen molar-refractivity contribution in [3.8, 4) is 16.9 Å². The van der Waals surface area contributed by atoms with Gasteiger partial charge in [-0.25, -0.2) is 4.39 Å². The number of nitrogens with zero attached hydrogens (tertiary/aromatic N) is 2. The Morgan fingerprint density at radius 3 is 2.29 bits per heavy atom. The number of rotatable bonds is 6. The van der Waals surface area contributed by atoms with E-state index < -0.39 is 0 Å². The highest BCUT2D eigenvalue weighted by molar-refractivity contribution is 5.97. The van der Waals surface area contributed by atoms with E-state index in [1.165, 1.54) is 17.7 Å². The Bertz CT molecular complexity index is 957. The Morgan fingerprint density at radius 1 is 1.04 bits per heavy atom. The van der Waals surface area contributed by atoms with Crippen molar-refractivity contribution in [1.82, 2.24) is 14.8 Å². The van der Waals surface area contributed by atoms with Gasteiger partial charge in [0.1, 0.15) is 5.82 Å². The van der Waals surface area contributed by atoms with Crippen LogP contribution in [0.1, 0.15) is 21.6 Å². The molecule has 3 rings (SSSR count). The molecule has 146 valence electrons. The van der Waals surface area contributed by atoms with Gasteiger partial charge in [-0.3, -0.25) is 4.79 Å². The highest BCUT2D eigenvalue weighted by Gasteiger charge is 2.19. The highest BCUT2D eigenvalue weighted by atomic mass is 19.1. The van der Waals surface area contributed by atoms with Crippen molar-refractivity contribution in [2.75, 3.05) is 27.2 Å². The zero-order chi connectivity index (χ0) is 20.3. The number of nitrogens with one attached hydrogen (secondary N) is 1. The van der Waals surface area contributed by atoms with Crippen molar-refractivity contribution in [1.29, 1.82) is 0 Å². The predicted molar refractivity (Wildman–Crippen MR) is 112 cm³/mol. The van der Waals surface area contributed by atoms with Crippen molar-refractivity contribution in [3.05, 3.63) is 77.2 Å². The summed E-state index contributed by atoms with van der Waals surface area (Å²) in [6, 6.07) is 16.4. The number of benzene rings is 2. The van der Waals surface area contributed by atoms with Crippen LogP contribution in [0.15, 0.2) is 54.6 Å². The zero-order valence-electron chi connectivity index (χ0n) is 16.8. The minimum Gasteiger partial charge on any atom is -0.351 e. The van der Waals surface area contributed by atoms with Crippen LogP contribution < -0.4 is 5.32 Å². The number of likely N-dealkylation sites (N-methyl/N-ethyl adjacent to an activating group) is 1. The molecule has 4 nitrogen and oxygen atoms in total. The third-order valence-corrected chi connectivity index (χ3v) is 4.77. The van der Waals surface area contributed by atoms with Gasteiger partial charge in [0.2, 0.25) is 0 Å². The van der Waals surface area contributed by atoms with E-state index in [9.17, 15) is 9.18 Å². The molecule has 28 heavy (non-hydrogen) atoms. The fourth-order valence-electron chi connectivity index (χ4n) is 3.18. The summed E-state index contributed by atoms with van der Waals surface area (Å²) in [6.07, 6.45) is 0. The average molecular weight is 379 g/mol. The lowest BCUT2D eigenvalue weighted by Gasteiger charge is -2.13. The molecule has 1 amide bonds. The molecule has 0 aliphatic rings. The molecule has 0 aliphatic heterocycles. The summed E-state index contributed by atoms with van der Waals surface area (Å²) in [4.78, 5) is 14.8. The summed E-state index contributed by atoms with van der Waals surface area (Å²) < 4.78 is 15.5. The fraction of sp³-hybridized carbons (Fsp3) is 0.261. The quantitative estimate of drug-likeness (QED) is 0.697. The molecule has 0 saturated carbocycles. The Labute approximate surface area is 165 Å². The first-order chi connectivity index (χ1) is 13.4. The molecule has 2 aromatic carbocycles. The van der Waals surface area contributed by atoms with E-state index in [2.05, 4.69) is 5.32 Å². The molecular weight excluding hydrogens is 353 g/mol. The van der Waals surface area contributed by atoms with Crippen LogP contribution in [0.2, 0.25) is 0 Å². The monoisotopic (exact) mass is 379 g/mol. The van der Waals surface area contributed by atoms with Gasteiger partial charge >= 0.3 is 0 Å². The van der Waals surface area contributed by atoms with Gasteiger partial charge in [0, 0.05) is 24.5 Å². The lowest BCUT2D eigenvalue weighted by Crippen LogP contribution is -2.31. The van der Waals surface area contributed by atoms with Crippen LogP contribution in [-0.2, 0) is 0 Å². The first-order valence-corrected chi connectivity index (χ1v) is 9.35. The van der Waals surface area contributed by atoms with Gasteiger partial charge in [-0.1, -0.05) is 17.7 Å². The number of amides is 1. The van der Waals surface area contributed by atoms with E-state index >= 15 is 0 Å². The van der Waals surface area contributed by atoms with E-state index in [1.807, 2.05) is 67.7 Å². The van der Waals surface area contributed by atoms with E-state index in [0.717, 1.165) is 29.2 Å². The summed E-state index contributed by atoms with van der Waals surface area (Å²) in [5.74, 6) is -0.385. The van der Waals surface area contributed by atoms with Crippen LogP contribution in [0.5, 0.6) is 0 Å². The van der Waals surface area contributed by atoms with Gasteiger partial charge in [0.15, 0.2) is 0 Å². The average Bonchev–Trinajstić information content (AvgIpc) is 3.00. The van der Waals surface area contributed by atoms with Crippen LogP contribution in [0.3, 0.4) is 0 Å². The Morgan fingerprint density at radius 2 is 1.68 bits per heavy atom. The van der Waals surface area contributed by atoms with Crippen LogP contribution >= 0.6 is 0 Å². The Hall–Kier alpha value is -2.92. The first kappa shape index (κ1) is 19.8. The minimum atomic E-state index is -0.282. The zero-order valence-corrected chi connectivity index (χ0v) is 16.8. The summed E-state index contributed by atoms with van der Waals surface area (Å²) in [5.41, 5.74) is 5.33. The molecule has 0 saturated heterocycles. The molecule has 1 N–H and O–H groups in total. The third-order valence-electron chi connectivity index (χ3n) is 4.77. The normalized spacial score (nSPS) is 11.1. The molecule has 0 fully saturated rings. The van der Waals surface area contributed by atoms with Gasteiger partial charge in [-0.05, 0) is 76.0 Å². The van der Waals surface area contributed by atoms with E-state index in [4.69, 9.17) is 0 Å². The molecule has 0 spiro atoms. The maximum Gasteiger partial charge on any atom is 0.253 e. The lowest BCUT2D eigenvalue weighted by atomic mass is 10.1. The third kappa shape index (κ3) is 4.31. The van der Waals surface area contributed by atoms with Crippen LogP contribution in [0.25, 0.3) is 16.9 Å². The van der Waals surface area contributed by atoms with E-state index in [1.54, 1.807) is 12.1 Å². The second kappa shape index (κ2) is 8.40. The molecule has 0 unspecified atom stereocenters. The molecule has 0 aliphatic carbocycles. The fourth-order valence-corrected chi connectivity index (χ4v) is 3.18. The van der Waals surface area contributed by atoms with Gasteiger partial charge < -0.3 is 14.8 Å². The minimum absolute atomic E-state index is 0.103. The molecule has 0 bridgehead atoms. The van der Waals surface area contributed by atoms with Gasteiger partial charge in [-0.15, -0.1) is 0 Å². The molecule has 1 heterocycles. The molecule has 0 atom stereocenters. The number of halogens is 1. The van der Waals surface area contributed by atoms with Crippen LogP contribution in [0, 0.1) is 19.7 Å². The molecule has 5 heteroatoms. The van der Waals surface area contributed by atoms with Crippen molar-refractivity contribution >= 4 is 5.91 Å². The number of hydrogen-bond donors (Lipinski definition) is 1. The number of aryl methyl sites for hydroxylation is 1. The van der Waals surface area contributed by atoms with E-state index in [-0.39, 0.29) is 11.7 Å². The summed E-state index contributed by atoms with van der Waals surface area (Å²) in [6.45, 7) is 5.33. The Kier molecular flexibility index (Phi) is 5.95. The smallest absolute Gasteiger partial charge is 0.253 e. The standard InChI is InChI=1S/C23H26FN3O/c1-16-5-11-20(12-6-16)27-17(2)21(23(28)25-13-14-26(3)4)15-22(27)18-7-9-19(24)10-8-18/h5-12,15H,13-14H2,1-4H3,(H,25,28). The molecule has 3 aromatic rings. The second-order valence-corrected chi connectivity index (χ2v) is 7.27. The second-order valence-electron chi connectivity index (χ2n) is 7.27. The topological polar surface area (TPSA) is 37.3 Å². The van der Waals surface area contributed by atoms with Crippen molar-refractivity contribution in [2.45, 2.75) is 13.8 Å². The number of aromatic nitrogens is 1. The lowest BCUT2D eigenvalue weighted by molar-refractivity contribution is 0.0950. The molecular formula is C23H26FN3O. The summed E-state index contributed by atoms with van der Waals surface area (Å²) in [7, 11) is 3.94. The van der Waals surface area contributed by atoms with Crippen LogP contribution in [-0.4, -0.2) is 42.6 Å². The predicted octanol–water partition coefficient (Wildman–Crippen LogP) is 4.19. The number of carbonyl (C=O) groups excluding carboxylic acids is 1. The van der Waals surface area contributed by atoms with E-state index in [0.29, 0.717) is 12.1 Å². The van der Waals surface area contributed by atoms with Gasteiger partial charge in [0.05, 0.1) is 11.3 Å². The number of hydrogen-bond acceptors (Lipinski definition) is 2. The van der Waals surface area contributed by atoms with Crippen LogP contribution in [0.4, 0.5) is 4.39 Å². The maximum absolute atomic E-state index is 13.4. The molecule has 0 radical (unpaired) electrons. The van der Waals surface area contributed by atoms with Gasteiger partial charge in [-0.2, -0.15) is 0 Å². The van der Waals surface area contributed by atoms with Crippen molar-refractivity contribution in [3.63, 3.8) is 0 Å². The largest absolute Gasteiger partial charge is 0.351 e. The van der Waals surface area contributed by atoms with Gasteiger partial charge in [0.25, 0.3) is 5.91 Å². The SMILES string of the molecule is Cc1ccc(-n2c(-c3ccc(F)cc3)cc(C(=O)NCCN(C)C)c2C)cc1. The Balaban J connectivity index is 2.05. The van der Waals surface area contributed by atoms with Crippen molar-refractivity contribution in [2.24, 2.45) is 0 Å². The van der Waals surface area contributed by atoms with Crippen molar-refractivity contribution < 1.29 is 9.18 Å². The summed E-state index contributed by atoms with van der Waals surface area (Å²) >= 11 is 0. The molecule has 1 aromatic heterocycles. The number of carbonyl (C=O) groups is 1. The highest BCUT2D eigenvalue weighted by Crippen LogP contribution is 2.30. The maximum atomic E-state index is 13.4. The first-order valence-electron chi connectivity index (χ1n) is 9.35.